The van der Waals surface area contributed by atoms with E-state index < -0.39 is 5.97 Å². The maximum atomic E-state index is 10.9. The number of hydrogen-bond acceptors (Lipinski definition) is 2. The van der Waals surface area contributed by atoms with Gasteiger partial charge in [-0.05, 0) is 18.9 Å². The van der Waals surface area contributed by atoms with E-state index in [0.717, 1.165) is 12.1 Å². The molecule has 2 unspecified atom stereocenters. The molecule has 0 amide bonds. The predicted octanol–water partition coefficient (Wildman–Crippen LogP) is 2.30. The molecule has 16 heavy (non-hydrogen) atoms. The smallest absolute Gasteiger partial charge is 0.305 e. The molecule has 1 aliphatic heterocycles. The number of carboxylic acids is 1. The maximum absolute atomic E-state index is 10.9. The van der Waals surface area contributed by atoms with Gasteiger partial charge in [-0.15, -0.1) is 0 Å². The molecule has 3 heteroatoms. The van der Waals surface area contributed by atoms with E-state index in [9.17, 15) is 4.79 Å². The van der Waals surface area contributed by atoms with Crippen molar-refractivity contribution in [2.45, 2.75) is 31.8 Å². The second-order valence-corrected chi connectivity index (χ2v) is 4.40. The molecule has 1 fully saturated rings. The molecule has 0 bridgehead atoms. The van der Waals surface area contributed by atoms with Gasteiger partial charge in [-0.25, -0.2) is 0 Å². The minimum atomic E-state index is -0.729. The number of carboxylic acid groups (broad SMARTS) is 1. The van der Waals surface area contributed by atoms with Crippen molar-refractivity contribution >= 4 is 5.97 Å². The van der Waals surface area contributed by atoms with Crippen LogP contribution in [-0.2, 0) is 4.79 Å². The van der Waals surface area contributed by atoms with Crippen LogP contribution in [0.25, 0.3) is 0 Å². The predicted molar refractivity (Wildman–Crippen MR) is 62.2 cm³/mol. The van der Waals surface area contributed by atoms with Gasteiger partial charge in [0.1, 0.15) is 0 Å². The maximum Gasteiger partial charge on any atom is 0.305 e. The fourth-order valence-corrected chi connectivity index (χ4v) is 2.27. The van der Waals surface area contributed by atoms with Crippen LogP contribution in [0.15, 0.2) is 30.3 Å². The number of benzene rings is 1. The van der Waals surface area contributed by atoms with Gasteiger partial charge >= 0.3 is 5.97 Å². The molecule has 0 spiro atoms. The van der Waals surface area contributed by atoms with Crippen molar-refractivity contribution in [2.24, 2.45) is 0 Å². The van der Waals surface area contributed by atoms with Crippen molar-refractivity contribution < 1.29 is 9.90 Å². The van der Waals surface area contributed by atoms with Gasteiger partial charge in [-0.2, -0.15) is 0 Å². The Balaban J connectivity index is 2.17. The lowest BCUT2D eigenvalue weighted by molar-refractivity contribution is -0.139. The number of rotatable bonds is 4. The van der Waals surface area contributed by atoms with Crippen LogP contribution >= 0.6 is 0 Å². The molecule has 2 rings (SSSR count). The summed E-state index contributed by atoms with van der Waals surface area (Å²) < 4.78 is 0. The van der Waals surface area contributed by atoms with E-state index in [4.69, 9.17) is 5.11 Å². The second-order valence-electron chi connectivity index (χ2n) is 4.40. The lowest BCUT2D eigenvalue weighted by Gasteiger charge is -2.44. The third-order valence-corrected chi connectivity index (χ3v) is 3.32. The zero-order chi connectivity index (χ0) is 11.5. The Labute approximate surface area is 95.7 Å². The summed E-state index contributed by atoms with van der Waals surface area (Å²) in [7, 11) is 0. The average Bonchev–Trinajstić information content (AvgIpc) is 2.27. The highest BCUT2D eigenvalue weighted by Gasteiger charge is 2.32. The van der Waals surface area contributed by atoms with Crippen molar-refractivity contribution in [2.75, 3.05) is 6.54 Å². The molecule has 1 aromatic carbocycles. The van der Waals surface area contributed by atoms with Crippen LogP contribution in [0.4, 0.5) is 0 Å². The summed E-state index contributed by atoms with van der Waals surface area (Å²) >= 11 is 0. The summed E-state index contributed by atoms with van der Waals surface area (Å²) in [6.07, 6.45) is 1.36. The van der Waals surface area contributed by atoms with E-state index >= 15 is 0 Å². The molecule has 0 radical (unpaired) electrons. The number of carbonyl (C=O) groups is 1. The summed E-state index contributed by atoms with van der Waals surface area (Å²) in [5.74, 6) is -0.729. The standard InChI is InChI=1S/C13H17NO2/c1-10-7-8-14(10)12(9-13(15)16)11-5-3-2-4-6-11/h2-6,10,12H,7-9H2,1H3,(H,15,16). The van der Waals surface area contributed by atoms with Gasteiger partial charge in [0.15, 0.2) is 0 Å². The number of hydrogen-bond donors (Lipinski definition) is 1. The minimum Gasteiger partial charge on any atom is -0.481 e. The molecular formula is C13H17NO2. The first-order valence-corrected chi connectivity index (χ1v) is 5.71. The van der Waals surface area contributed by atoms with Crippen molar-refractivity contribution in [3.05, 3.63) is 35.9 Å². The Morgan fingerprint density at radius 1 is 1.50 bits per heavy atom. The molecule has 0 saturated carbocycles. The van der Waals surface area contributed by atoms with Crippen molar-refractivity contribution in [3.63, 3.8) is 0 Å². The largest absolute Gasteiger partial charge is 0.481 e. The molecule has 1 N–H and O–H groups in total. The number of likely N-dealkylation sites (tertiary alicyclic amines) is 1. The lowest BCUT2D eigenvalue weighted by Crippen LogP contribution is -2.48. The van der Waals surface area contributed by atoms with Gasteiger partial charge in [-0.1, -0.05) is 30.3 Å². The lowest BCUT2D eigenvalue weighted by atomic mass is 9.94. The van der Waals surface area contributed by atoms with Gasteiger partial charge in [0.25, 0.3) is 0 Å². The van der Waals surface area contributed by atoms with E-state index in [-0.39, 0.29) is 12.5 Å². The average molecular weight is 219 g/mol. The van der Waals surface area contributed by atoms with E-state index in [1.807, 2.05) is 30.3 Å². The monoisotopic (exact) mass is 219 g/mol. The van der Waals surface area contributed by atoms with Gasteiger partial charge < -0.3 is 5.11 Å². The third kappa shape index (κ3) is 2.25. The first-order valence-electron chi connectivity index (χ1n) is 5.71. The molecular weight excluding hydrogens is 202 g/mol. The normalized spacial score (nSPS) is 22.4. The molecule has 86 valence electrons. The van der Waals surface area contributed by atoms with E-state index in [1.54, 1.807) is 0 Å². The van der Waals surface area contributed by atoms with Crippen LogP contribution in [0.5, 0.6) is 0 Å². The highest BCUT2D eigenvalue weighted by atomic mass is 16.4. The quantitative estimate of drug-likeness (QED) is 0.844. The Morgan fingerprint density at radius 2 is 2.19 bits per heavy atom. The van der Waals surface area contributed by atoms with E-state index in [1.165, 1.54) is 6.42 Å². The number of aliphatic carboxylic acids is 1. The fraction of sp³-hybridized carbons (Fsp3) is 0.462. The molecule has 0 aliphatic carbocycles. The summed E-state index contributed by atoms with van der Waals surface area (Å²) in [5.41, 5.74) is 1.11. The van der Waals surface area contributed by atoms with E-state index in [2.05, 4.69) is 11.8 Å². The van der Waals surface area contributed by atoms with Crippen LogP contribution in [0.3, 0.4) is 0 Å². The molecule has 1 aromatic rings. The minimum absolute atomic E-state index is 0.0300. The topological polar surface area (TPSA) is 40.5 Å². The third-order valence-electron chi connectivity index (χ3n) is 3.32. The highest BCUT2D eigenvalue weighted by Crippen LogP contribution is 2.32. The Bertz CT molecular complexity index is 363. The van der Waals surface area contributed by atoms with Crippen LogP contribution in [0, 0.1) is 0 Å². The van der Waals surface area contributed by atoms with Crippen molar-refractivity contribution in [1.29, 1.82) is 0 Å². The van der Waals surface area contributed by atoms with Gasteiger partial charge in [0.2, 0.25) is 0 Å². The SMILES string of the molecule is CC1CCN1C(CC(=O)O)c1ccccc1. The number of nitrogens with zero attached hydrogens (tertiary/aromatic N) is 1. The second kappa shape index (κ2) is 4.66. The molecule has 1 aliphatic rings. The highest BCUT2D eigenvalue weighted by molar-refractivity contribution is 5.68. The molecule has 1 heterocycles. The Hall–Kier alpha value is -1.35. The molecule has 0 aromatic heterocycles. The first-order chi connectivity index (χ1) is 7.68. The van der Waals surface area contributed by atoms with Crippen molar-refractivity contribution in [3.8, 4) is 0 Å². The van der Waals surface area contributed by atoms with Crippen LogP contribution in [0.1, 0.15) is 31.4 Å². The first kappa shape index (κ1) is 11.1. The van der Waals surface area contributed by atoms with Crippen LogP contribution in [-0.4, -0.2) is 28.6 Å². The zero-order valence-corrected chi connectivity index (χ0v) is 9.47. The van der Waals surface area contributed by atoms with Crippen LogP contribution < -0.4 is 0 Å². The van der Waals surface area contributed by atoms with E-state index in [0.29, 0.717) is 6.04 Å². The molecule has 2 atom stereocenters. The summed E-state index contributed by atoms with van der Waals surface area (Å²) in [5, 5.41) is 8.97. The molecule has 1 saturated heterocycles. The Kier molecular flexibility index (Phi) is 3.25. The summed E-state index contributed by atoms with van der Waals surface area (Å²) in [6, 6.07) is 10.5. The van der Waals surface area contributed by atoms with Crippen molar-refractivity contribution in [1.82, 2.24) is 4.90 Å². The van der Waals surface area contributed by atoms with Gasteiger partial charge in [-0.3, -0.25) is 9.69 Å². The zero-order valence-electron chi connectivity index (χ0n) is 9.47. The Morgan fingerprint density at radius 3 is 2.62 bits per heavy atom. The van der Waals surface area contributed by atoms with Gasteiger partial charge in [0.05, 0.1) is 6.42 Å². The molecule has 3 nitrogen and oxygen atoms in total. The summed E-state index contributed by atoms with van der Waals surface area (Å²) in [6.45, 7) is 3.16. The fourth-order valence-electron chi connectivity index (χ4n) is 2.27. The van der Waals surface area contributed by atoms with Gasteiger partial charge in [0, 0.05) is 18.6 Å². The van der Waals surface area contributed by atoms with Crippen LogP contribution in [0.2, 0.25) is 0 Å². The summed E-state index contributed by atoms with van der Waals surface area (Å²) in [4.78, 5) is 13.2.